The van der Waals surface area contributed by atoms with Crippen LogP contribution in [0.25, 0.3) is 0 Å². The molecule has 0 aromatic carbocycles. The minimum Gasteiger partial charge on any atom is -0.378 e. The average Bonchev–Trinajstić information content (AvgIpc) is 2.15. The SMILES string of the molecule is CN1CCCC/C1=C\CCCCN.I. The lowest BCUT2D eigenvalue weighted by Gasteiger charge is -2.27. The molecule has 0 radical (unpaired) electrons. The molecule has 1 aliphatic rings. The van der Waals surface area contributed by atoms with Crippen LogP contribution in [-0.4, -0.2) is 25.0 Å². The molecule has 0 aliphatic carbocycles. The number of likely N-dealkylation sites (tertiary alicyclic amines) is 1. The maximum Gasteiger partial charge on any atom is 0.0171 e. The van der Waals surface area contributed by atoms with Gasteiger partial charge in [0, 0.05) is 19.3 Å². The molecule has 2 N–H and O–H groups in total. The molecule has 1 aliphatic heterocycles. The number of halogens is 1. The number of unbranched alkanes of at least 4 members (excludes halogenated alkanes) is 2. The molecular formula is C11H23IN2. The van der Waals surface area contributed by atoms with Gasteiger partial charge in [0.1, 0.15) is 0 Å². The van der Waals surface area contributed by atoms with Gasteiger partial charge in [0.2, 0.25) is 0 Å². The van der Waals surface area contributed by atoms with E-state index in [1.54, 1.807) is 5.70 Å². The number of hydrogen-bond donors (Lipinski definition) is 1. The number of nitrogens with zero attached hydrogens (tertiary/aromatic N) is 1. The molecule has 0 amide bonds. The van der Waals surface area contributed by atoms with Gasteiger partial charge in [-0.1, -0.05) is 6.08 Å². The molecule has 1 saturated heterocycles. The predicted molar refractivity (Wildman–Crippen MR) is 72.9 cm³/mol. The van der Waals surface area contributed by atoms with Crippen LogP contribution < -0.4 is 5.73 Å². The zero-order chi connectivity index (χ0) is 9.52. The van der Waals surface area contributed by atoms with E-state index in [1.165, 1.54) is 38.6 Å². The van der Waals surface area contributed by atoms with Gasteiger partial charge in [0.25, 0.3) is 0 Å². The van der Waals surface area contributed by atoms with Gasteiger partial charge < -0.3 is 10.6 Å². The van der Waals surface area contributed by atoms with Crippen LogP contribution in [0.4, 0.5) is 0 Å². The molecule has 2 nitrogen and oxygen atoms in total. The highest BCUT2D eigenvalue weighted by atomic mass is 127. The summed E-state index contributed by atoms with van der Waals surface area (Å²) in [5.74, 6) is 0. The van der Waals surface area contributed by atoms with Crippen LogP contribution in [0.5, 0.6) is 0 Å². The predicted octanol–water partition coefficient (Wildman–Crippen LogP) is 2.73. The first-order valence-electron chi connectivity index (χ1n) is 5.45. The van der Waals surface area contributed by atoms with Crippen molar-refractivity contribution in [3.8, 4) is 0 Å². The summed E-state index contributed by atoms with van der Waals surface area (Å²) >= 11 is 0. The first-order valence-corrected chi connectivity index (χ1v) is 5.45. The van der Waals surface area contributed by atoms with E-state index in [-0.39, 0.29) is 24.0 Å². The van der Waals surface area contributed by atoms with Crippen molar-refractivity contribution in [2.45, 2.75) is 38.5 Å². The normalized spacial score (nSPS) is 19.6. The maximum atomic E-state index is 5.44. The van der Waals surface area contributed by atoms with Gasteiger partial charge in [0.05, 0.1) is 0 Å². The van der Waals surface area contributed by atoms with E-state index in [0.717, 1.165) is 13.0 Å². The minimum absolute atomic E-state index is 0. The van der Waals surface area contributed by atoms with Gasteiger partial charge in [-0.3, -0.25) is 0 Å². The molecule has 0 bridgehead atoms. The molecule has 3 heteroatoms. The molecule has 0 unspecified atom stereocenters. The van der Waals surface area contributed by atoms with E-state index in [2.05, 4.69) is 18.0 Å². The van der Waals surface area contributed by atoms with Crippen LogP contribution >= 0.6 is 24.0 Å². The Hall–Kier alpha value is 0.230. The van der Waals surface area contributed by atoms with E-state index in [4.69, 9.17) is 5.73 Å². The zero-order valence-electron chi connectivity index (χ0n) is 9.17. The second kappa shape index (κ2) is 8.53. The average molecular weight is 310 g/mol. The van der Waals surface area contributed by atoms with Crippen molar-refractivity contribution in [3.05, 3.63) is 11.8 Å². The van der Waals surface area contributed by atoms with Crippen molar-refractivity contribution >= 4 is 24.0 Å². The summed E-state index contributed by atoms with van der Waals surface area (Å²) in [6.45, 7) is 2.07. The smallest absolute Gasteiger partial charge is 0.0171 e. The number of piperidine rings is 1. The third-order valence-electron chi connectivity index (χ3n) is 2.70. The Kier molecular flexibility index (Phi) is 8.67. The summed E-state index contributed by atoms with van der Waals surface area (Å²) < 4.78 is 0. The summed E-state index contributed by atoms with van der Waals surface area (Å²) in [6, 6.07) is 0. The fourth-order valence-corrected chi connectivity index (χ4v) is 1.80. The van der Waals surface area contributed by atoms with E-state index in [0.29, 0.717) is 0 Å². The van der Waals surface area contributed by atoms with Gasteiger partial charge in [-0.2, -0.15) is 0 Å². The van der Waals surface area contributed by atoms with Gasteiger partial charge in [-0.25, -0.2) is 0 Å². The Morgan fingerprint density at radius 3 is 2.79 bits per heavy atom. The van der Waals surface area contributed by atoms with Crippen LogP contribution in [0.15, 0.2) is 11.8 Å². The third kappa shape index (κ3) is 5.20. The second-order valence-electron chi connectivity index (χ2n) is 3.86. The quantitative estimate of drug-likeness (QED) is 0.639. The molecule has 14 heavy (non-hydrogen) atoms. The molecular weight excluding hydrogens is 287 g/mol. The lowest BCUT2D eigenvalue weighted by Crippen LogP contribution is -2.23. The molecule has 0 spiro atoms. The molecule has 1 heterocycles. The first-order chi connectivity index (χ1) is 6.34. The Balaban J connectivity index is 0.00000169. The highest BCUT2D eigenvalue weighted by Gasteiger charge is 2.09. The summed E-state index contributed by atoms with van der Waals surface area (Å²) in [5, 5.41) is 0. The summed E-state index contributed by atoms with van der Waals surface area (Å²) in [7, 11) is 2.20. The zero-order valence-corrected chi connectivity index (χ0v) is 11.5. The van der Waals surface area contributed by atoms with Crippen molar-refractivity contribution < 1.29 is 0 Å². The number of rotatable bonds is 4. The van der Waals surface area contributed by atoms with Gasteiger partial charge in [0.15, 0.2) is 0 Å². The Morgan fingerprint density at radius 1 is 1.36 bits per heavy atom. The number of allylic oxidation sites excluding steroid dienone is 2. The lowest BCUT2D eigenvalue weighted by atomic mass is 10.1. The van der Waals surface area contributed by atoms with Crippen LogP contribution in [0.3, 0.4) is 0 Å². The Labute approximate surface area is 105 Å². The first kappa shape index (κ1) is 14.2. The molecule has 1 fully saturated rings. The highest BCUT2D eigenvalue weighted by Crippen LogP contribution is 2.19. The summed E-state index contributed by atoms with van der Waals surface area (Å²) in [6.07, 6.45) is 10.0. The van der Waals surface area contributed by atoms with E-state index < -0.39 is 0 Å². The van der Waals surface area contributed by atoms with Crippen LogP contribution in [0.1, 0.15) is 38.5 Å². The van der Waals surface area contributed by atoms with Crippen LogP contribution in [0, 0.1) is 0 Å². The van der Waals surface area contributed by atoms with Crippen molar-refractivity contribution in [1.82, 2.24) is 4.90 Å². The molecule has 0 atom stereocenters. The van der Waals surface area contributed by atoms with E-state index >= 15 is 0 Å². The Morgan fingerprint density at radius 2 is 2.14 bits per heavy atom. The number of hydrogen-bond acceptors (Lipinski definition) is 2. The van der Waals surface area contributed by atoms with Crippen molar-refractivity contribution in [3.63, 3.8) is 0 Å². The van der Waals surface area contributed by atoms with Crippen molar-refractivity contribution in [1.29, 1.82) is 0 Å². The van der Waals surface area contributed by atoms with Crippen LogP contribution in [-0.2, 0) is 0 Å². The van der Waals surface area contributed by atoms with Gasteiger partial charge in [-0.05, 0) is 45.1 Å². The standard InChI is InChI=1S/C11H22N2.HI/c1-13-10-6-4-8-11(13)7-3-2-5-9-12;/h7H,2-6,8-10,12H2,1H3;1H/b11-7+;. The van der Waals surface area contributed by atoms with Crippen molar-refractivity contribution in [2.75, 3.05) is 20.1 Å². The second-order valence-corrected chi connectivity index (χ2v) is 3.86. The molecule has 1 rings (SSSR count). The topological polar surface area (TPSA) is 29.3 Å². The van der Waals surface area contributed by atoms with Crippen molar-refractivity contribution in [2.24, 2.45) is 5.73 Å². The fourth-order valence-electron chi connectivity index (χ4n) is 1.80. The summed E-state index contributed by atoms with van der Waals surface area (Å²) in [4.78, 5) is 2.39. The van der Waals surface area contributed by atoms with Gasteiger partial charge in [-0.15, -0.1) is 24.0 Å². The van der Waals surface area contributed by atoms with E-state index in [9.17, 15) is 0 Å². The van der Waals surface area contributed by atoms with E-state index in [1.807, 2.05) is 0 Å². The lowest BCUT2D eigenvalue weighted by molar-refractivity contribution is 0.343. The maximum absolute atomic E-state index is 5.44. The largest absolute Gasteiger partial charge is 0.378 e. The molecule has 0 saturated carbocycles. The Bertz CT molecular complexity index is 169. The fraction of sp³-hybridized carbons (Fsp3) is 0.818. The van der Waals surface area contributed by atoms with Gasteiger partial charge >= 0.3 is 0 Å². The minimum atomic E-state index is 0. The molecule has 0 aromatic heterocycles. The molecule has 0 aromatic rings. The van der Waals surface area contributed by atoms with Crippen LogP contribution in [0.2, 0.25) is 0 Å². The highest BCUT2D eigenvalue weighted by molar-refractivity contribution is 14.0. The summed E-state index contributed by atoms with van der Waals surface area (Å²) in [5.41, 5.74) is 6.99. The number of nitrogens with two attached hydrogens (primary N) is 1. The monoisotopic (exact) mass is 310 g/mol. The molecule has 84 valence electrons. The third-order valence-corrected chi connectivity index (χ3v) is 2.70.